The number of benzene rings is 1. The van der Waals surface area contributed by atoms with Gasteiger partial charge in [0.2, 0.25) is 0 Å². The molecule has 0 amide bonds. The lowest BCUT2D eigenvalue weighted by molar-refractivity contribution is -0.142. The van der Waals surface area contributed by atoms with Crippen LogP contribution in [-0.2, 0) is 11.2 Å². The molecule has 0 fully saturated rings. The van der Waals surface area contributed by atoms with Crippen molar-refractivity contribution in [3.63, 3.8) is 0 Å². The van der Waals surface area contributed by atoms with Crippen LogP contribution >= 0.6 is 0 Å². The molecule has 1 aromatic carbocycles. The highest BCUT2D eigenvalue weighted by Crippen LogP contribution is 2.27. The van der Waals surface area contributed by atoms with Crippen molar-refractivity contribution in [3.05, 3.63) is 23.8 Å². The molecule has 0 bridgehead atoms. The van der Waals surface area contributed by atoms with Gasteiger partial charge in [-0.25, -0.2) is 0 Å². The van der Waals surface area contributed by atoms with Crippen LogP contribution in [0.1, 0.15) is 12.5 Å². The Labute approximate surface area is 106 Å². The van der Waals surface area contributed by atoms with Crippen molar-refractivity contribution in [3.8, 4) is 11.5 Å². The van der Waals surface area contributed by atoms with Gasteiger partial charge in [0.15, 0.2) is 0 Å². The fourth-order valence-corrected chi connectivity index (χ4v) is 1.48. The third-order valence-corrected chi connectivity index (χ3v) is 2.49. The Bertz CT molecular complexity index is 435. The zero-order chi connectivity index (χ0) is 13.8. The maximum absolute atomic E-state index is 11.0. The molecule has 97 valence electrons. The van der Waals surface area contributed by atoms with Gasteiger partial charge < -0.3 is 25.3 Å². The number of carboxylic acids is 1. The van der Waals surface area contributed by atoms with Crippen molar-refractivity contribution >= 4 is 13.7 Å². The summed E-state index contributed by atoms with van der Waals surface area (Å²) in [4.78, 5) is 11.0. The molecule has 0 spiro atoms. The van der Waals surface area contributed by atoms with E-state index in [0.717, 1.165) is 0 Å². The SMILES string of the molecule is COc1cc(O[B]O)ccc1C[C@@](C)(N)C(=O)O. The van der Waals surface area contributed by atoms with Crippen LogP contribution in [0.25, 0.3) is 0 Å². The van der Waals surface area contributed by atoms with Crippen LogP contribution in [0.5, 0.6) is 11.5 Å². The van der Waals surface area contributed by atoms with Crippen molar-refractivity contribution < 1.29 is 24.3 Å². The molecular formula is C11H15BNO5. The molecule has 0 aromatic heterocycles. The molecule has 0 saturated carbocycles. The largest absolute Gasteiger partial charge is 0.569 e. The van der Waals surface area contributed by atoms with E-state index in [1.54, 1.807) is 18.2 Å². The van der Waals surface area contributed by atoms with Gasteiger partial charge in [-0.1, -0.05) is 6.07 Å². The van der Waals surface area contributed by atoms with Gasteiger partial charge in [-0.05, 0) is 18.6 Å². The summed E-state index contributed by atoms with van der Waals surface area (Å²) in [5, 5.41) is 17.5. The molecule has 7 heteroatoms. The van der Waals surface area contributed by atoms with Crippen LogP contribution in [-0.4, -0.2) is 36.4 Å². The number of rotatable bonds is 6. The second-order valence-corrected chi connectivity index (χ2v) is 4.10. The summed E-state index contributed by atoms with van der Waals surface area (Å²) in [7, 11) is 2.01. The molecule has 1 aromatic rings. The van der Waals surface area contributed by atoms with Crippen molar-refractivity contribution in [1.29, 1.82) is 0 Å². The van der Waals surface area contributed by atoms with Crippen LogP contribution in [0, 0.1) is 0 Å². The van der Waals surface area contributed by atoms with Crippen LogP contribution in [0.4, 0.5) is 0 Å². The van der Waals surface area contributed by atoms with E-state index < -0.39 is 11.5 Å². The van der Waals surface area contributed by atoms with Gasteiger partial charge in [0.1, 0.15) is 17.0 Å². The highest BCUT2D eigenvalue weighted by atomic mass is 16.5. The fourth-order valence-electron chi connectivity index (χ4n) is 1.48. The van der Waals surface area contributed by atoms with Gasteiger partial charge in [0.25, 0.3) is 0 Å². The van der Waals surface area contributed by atoms with Crippen molar-refractivity contribution in [2.75, 3.05) is 7.11 Å². The van der Waals surface area contributed by atoms with Crippen LogP contribution in [0.15, 0.2) is 18.2 Å². The van der Waals surface area contributed by atoms with Gasteiger partial charge in [-0.3, -0.25) is 4.79 Å². The number of aliphatic carboxylic acids is 1. The molecule has 1 atom stereocenters. The van der Waals surface area contributed by atoms with Gasteiger partial charge >= 0.3 is 13.7 Å². The highest BCUT2D eigenvalue weighted by Gasteiger charge is 2.29. The lowest BCUT2D eigenvalue weighted by Gasteiger charge is -2.20. The quantitative estimate of drug-likeness (QED) is 0.613. The topological polar surface area (TPSA) is 102 Å². The minimum Gasteiger partial charge on any atom is -0.537 e. The van der Waals surface area contributed by atoms with Crippen LogP contribution in [0.2, 0.25) is 0 Å². The van der Waals surface area contributed by atoms with Crippen molar-refractivity contribution in [2.45, 2.75) is 18.9 Å². The number of hydrogen-bond donors (Lipinski definition) is 3. The van der Waals surface area contributed by atoms with E-state index in [-0.39, 0.29) is 6.42 Å². The Morgan fingerprint density at radius 2 is 2.22 bits per heavy atom. The smallest absolute Gasteiger partial charge is 0.537 e. The van der Waals surface area contributed by atoms with Crippen LogP contribution < -0.4 is 15.1 Å². The van der Waals surface area contributed by atoms with Gasteiger partial charge in [-0.2, -0.15) is 0 Å². The number of carboxylic acid groups (broad SMARTS) is 1. The van der Waals surface area contributed by atoms with Crippen LogP contribution in [0.3, 0.4) is 0 Å². The maximum Gasteiger partial charge on any atom is 0.569 e. The second kappa shape index (κ2) is 5.75. The Hall–Kier alpha value is -1.73. The average Bonchev–Trinajstić information content (AvgIpc) is 2.31. The molecule has 6 nitrogen and oxygen atoms in total. The Kier molecular flexibility index (Phi) is 4.58. The van der Waals surface area contributed by atoms with E-state index >= 15 is 0 Å². The molecule has 0 aliphatic heterocycles. The highest BCUT2D eigenvalue weighted by molar-refractivity contribution is 6.17. The first kappa shape index (κ1) is 14.3. The summed E-state index contributed by atoms with van der Waals surface area (Å²) in [6.07, 6.45) is 0.120. The monoisotopic (exact) mass is 252 g/mol. The molecule has 18 heavy (non-hydrogen) atoms. The number of hydrogen-bond acceptors (Lipinski definition) is 5. The summed E-state index contributed by atoms with van der Waals surface area (Å²) in [5.74, 6) is -0.256. The number of carbonyl (C=O) groups is 1. The minimum absolute atomic E-state index is 0.120. The predicted molar refractivity (Wildman–Crippen MR) is 65.5 cm³/mol. The first-order valence-corrected chi connectivity index (χ1v) is 5.22. The summed E-state index contributed by atoms with van der Waals surface area (Å²) in [5.41, 5.74) is 4.95. The predicted octanol–water partition coefficient (Wildman–Crippen LogP) is -0.0550. The molecule has 1 radical (unpaired) electrons. The van der Waals surface area contributed by atoms with Gasteiger partial charge in [0.05, 0.1) is 7.11 Å². The standard InChI is InChI=1S/C11H15BNO5/c1-11(13,10(14)15)6-7-3-4-8(18-12-16)5-9(7)17-2/h3-5,16H,6,13H2,1-2H3,(H,14,15)/t11-/m1/s1. The Morgan fingerprint density at radius 1 is 1.56 bits per heavy atom. The normalized spacial score (nSPS) is 13.6. The average molecular weight is 252 g/mol. The molecule has 0 saturated heterocycles. The second-order valence-electron chi connectivity index (χ2n) is 4.10. The fraction of sp³-hybridized carbons (Fsp3) is 0.364. The summed E-state index contributed by atoms with van der Waals surface area (Å²) >= 11 is 0. The van der Waals surface area contributed by atoms with E-state index in [2.05, 4.69) is 0 Å². The number of nitrogens with two attached hydrogens (primary N) is 1. The minimum atomic E-state index is -1.38. The molecule has 1 rings (SSSR count). The number of ether oxygens (including phenoxy) is 1. The lowest BCUT2D eigenvalue weighted by atomic mass is 9.93. The first-order valence-electron chi connectivity index (χ1n) is 5.22. The molecule has 0 unspecified atom stereocenters. The molecule has 4 N–H and O–H groups in total. The molecular weight excluding hydrogens is 237 g/mol. The van der Waals surface area contributed by atoms with E-state index in [1.165, 1.54) is 14.0 Å². The van der Waals surface area contributed by atoms with Crippen molar-refractivity contribution in [1.82, 2.24) is 0 Å². The zero-order valence-electron chi connectivity index (χ0n) is 10.2. The third-order valence-electron chi connectivity index (χ3n) is 2.49. The molecule has 0 aliphatic rings. The van der Waals surface area contributed by atoms with E-state index in [4.69, 9.17) is 25.3 Å². The number of methoxy groups -OCH3 is 1. The lowest BCUT2D eigenvalue weighted by Crippen LogP contribution is -2.46. The molecule has 0 heterocycles. The third kappa shape index (κ3) is 3.38. The van der Waals surface area contributed by atoms with Gasteiger partial charge in [-0.15, -0.1) is 0 Å². The molecule has 0 aliphatic carbocycles. The van der Waals surface area contributed by atoms with E-state index in [1.807, 2.05) is 0 Å². The summed E-state index contributed by atoms with van der Waals surface area (Å²) < 4.78 is 9.92. The van der Waals surface area contributed by atoms with Gasteiger partial charge in [0, 0.05) is 12.5 Å². The summed E-state index contributed by atoms with van der Waals surface area (Å²) in [6, 6.07) is 4.77. The maximum atomic E-state index is 11.0. The Balaban J connectivity index is 2.99. The zero-order valence-corrected chi connectivity index (χ0v) is 10.2. The van der Waals surface area contributed by atoms with Crippen molar-refractivity contribution in [2.24, 2.45) is 5.73 Å². The first-order chi connectivity index (χ1) is 8.40. The Morgan fingerprint density at radius 3 is 2.72 bits per heavy atom. The van der Waals surface area contributed by atoms with E-state index in [0.29, 0.717) is 24.7 Å². The van der Waals surface area contributed by atoms with E-state index in [9.17, 15) is 4.79 Å². The summed E-state index contributed by atoms with van der Waals surface area (Å²) in [6.45, 7) is 1.43.